The molecule has 132 valence electrons. The van der Waals surface area contributed by atoms with Crippen LogP contribution in [0.5, 0.6) is 0 Å². The second-order valence-corrected chi connectivity index (χ2v) is 7.55. The highest BCUT2D eigenvalue weighted by atomic mass is 19.1. The summed E-state index contributed by atoms with van der Waals surface area (Å²) in [5.74, 6) is 0.470. The highest BCUT2D eigenvalue weighted by molar-refractivity contribution is 5.24. The van der Waals surface area contributed by atoms with Gasteiger partial charge in [0.15, 0.2) is 0 Å². The van der Waals surface area contributed by atoms with Gasteiger partial charge in [0.2, 0.25) is 0 Å². The van der Waals surface area contributed by atoms with Crippen molar-refractivity contribution >= 4 is 0 Å². The summed E-state index contributed by atoms with van der Waals surface area (Å²) in [7, 11) is 1.97. The van der Waals surface area contributed by atoms with Crippen molar-refractivity contribution in [3.63, 3.8) is 0 Å². The topological polar surface area (TPSA) is 6.48 Å². The van der Waals surface area contributed by atoms with Crippen LogP contribution in [0.4, 0.5) is 8.78 Å². The maximum atomic E-state index is 14.5. The quantitative estimate of drug-likeness (QED) is 0.667. The lowest BCUT2D eigenvalue weighted by molar-refractivity contribution is -0.0256. The van der Waals surface area contributed by atoms with Gasteiger partial charge in [-0.15, -0.1) is 0 Å². The van der Waals surface area contributed by atoms with Crippen LogP contribution in [-0.4, -0.2) is 35.3 Å². The van der Waals surface area contributed by atoms with Gasteiger partial charge in [0.25, 0.3) is 0 Å². The molecule has 2 nitrogen and oxygen atoms in total. The van der Waals surface area contributed by atoms with Crippen LogP contribution in [0, 0.1) is 17.8 Å². The Kier molecular flexibility index (Phi) is 4.69. The average Bonchev–Trinajstić information content (AvgIpc) is 3.35. The van der Waals surface area contributed by atoms with Crippen molar-refractivity contribution < 1.29 is 8.78 Å². The first-order valence-corrected chi connectivity index (χ1v) is 8.90. The van der Waals surface area contributed by atoms with E-state index in [0.717, 1.165) is 0 Å². The summed E-state index contributed by atoms with van der Waals surface area (Å²) in [6, 6.07) is 0.00275. The summed E-state index contributed by atoms with van der Waals surface area (Å²) in [6.45, 7) is 12.4. The van der Waals surface area contributed by atoms with E-state index in [1.807, 2.05) is 18.1 Å². The molecule has 5 atom stereocenters. The summed E-state index contributed by atoms with van der Waals surface area (Å²) in [4.78, 5) is 0. The van der Waals surface area contributed by atoms with E-state index in [1.165, 1.54) is 24.5 Å². The molecule has 0 N–H and O–H groups in total. The lowest BCUT2D eigenvalue weighted by atomic mass is 9.83. The van der Waals surface area contributed by atoms with Gasteiger partial charge in [0, 0.05) is 25.4 Å². The van der Waals surface area contributed by atoms with Crippen molar-refractivity contribution in [2.24, 2.45) is 17.8 Å². The number of hydrazine groups is 1. The van der Waals surface area contributed by atoms with Crippen LogP contribution < -0.4 is 0 Å². The molecule has 0 spiro atoms. The first-order valence-electron chi connectivity index (χ1n) is 8.90. The first-order chi connectivity index (χ1) is 11.3. The molecule has 0 amide bonds. The molecule has 2 fully saturated rings. The summed E-state index contributed by atoms with van der Waals surface area (Å²) in [5.41, 5.74) is 1.68. The second-order valence-electron chi connectivity index (χ2n) is 7.55. The molecule has 0 aromatic rings. The van der Waals surface area contributed by atoms with E-state index in [9.17, 15) is 8.78 Å². The fourth-order valence-electron chi connectivity index (χ4n) is 4.01. The van der Waals surface area contributed by atoms with E-state index in [0.29, 0.717) is 18.0 Å². The Balaban J connectivity index is 1.83. The molecule has 2 aliphatic carbocycles. The second kappa shape index (κ2) is 6.47. The van der Waals surface area contributed by atoms with E-state index in [-0.39, 0.29) is 29.7 Å². The van der Waals surface area contributed by atoms with Crippen molar-refractivity contribution in [3.05, 3.63) is 48.5 Å². The van der Waals surface area contributed by atoms with Crippen LogP contribution in [0.1, 0.15) is 33.1 Å². The molecule has 4 heteroatoms. The molecule has 3 rings (SSSR count). The van der Waals surface area contributed by atoms with E-state index in [1.54, 1.807) is 6.08 Å². The van der Waals surface area contributed by atoms with E-state index < -0.39 is 6.17 Å². The fraction of sp³-hybridized carbons (Fsp3) is 0.600. The van der Waals surface area contributed by atoms with Crippen molar-refractivity contribution in [1.82, 2.24) is 10.0 Å². The Bertz CT molecular complexity index is 590. The number of allylic oxidation sites excluding steroid dienone is 4. The molecule has 1 saturated heterocycles. The molecule has 0 aromatic carbocycles. The molecule has 24 heavy (non-hydrogen) atoms. The zero-order chi connectivity index (χ0) is 17.6. The number of nitrogens with zero attached hydrogens (tertiary/aromatic N) is 2. The molecule has 1 heterocycles. The minimum Gasteiger partial charge on any atom is -0.303 e. The normalized spacial score (nSPS) is 34.7. The molecular weight excluding hydrogens is 306 g/mol. The van der Waals surface area contributed by atoms with Gasteiger partial charge < -0.3 is 5.01 Å². The summed E-state index contributed by atoms with van der Waals surface area (Å²) < 4.78 is 28.3. The monoisotopic (exact) mass is 334 g/mol. The number of rotatable bonds is 5. The zero-order valence-corrected chi connectivity index (χ0v) is 14.9. The minimum absolute atomic E-state index is 0.0589. The van der Waals surface area contributed by atoms with Crippen LogP contribution in [0.2, 0.25) is 0 Å². The third kappa shape index (κ3) is 3.08. The number of hydrogen-bond acceptors (Lipinski definition) is 2. The Morgan fingerprint density at radius 3 is 2.71 bits per heavy atom. The number of halogens is 2. The first kappa shape index (κ1) is 17.4. The number of likely N-dealkylation sites (N-methyl/N-ethyl adjacent to an activating group) is 1. The largest absolute Gasteiger partial charge is 0.303 e. The summed E-state index contributed by atoms with van der Waals surface area (Å²) in [5, 5.41) is 4.02. The Hall–Kier alpha value is -1.42. The minimum atomic E-state index is -1.08. The van der Waals surface area contributed by atoms with Crippen molar-refractivity contribution in [2.75, 3.05) is 7.05 Å². The lowest BCUT2D eigenvalue weighted by Gasteiger charge is -2.43. The van der Waals surface area contributed by atoms with Crippen molar-refractivity contribution in [1.29, 1.82) is 0 Å². The molecule has 1 saturated carbocycles. The summed E-state index contributed by atoms with van der Waals surface area (Å²) >= 11 is 0. The van der Waals surface area contributed by atoms with E-state index in [4.69, 9.17) is 0 Å². The van der Waals surface area contributed by atoms with Crippen molar-refractivity contribution in [2.45, 2.75) is 51.4 Å². The molecular formula is C20H28F2N2. The summed E-state index contributed by atoms with van der Waals surface area (Å²) in [6.07, 6.45) is 6.70. The van der Waals surface area contributed by atoms with Crippen LogP contribution >= 0.6 is 0 Å². The lowest BCUT2D eigenvalue weighted by Crippen LogP contribution is -2.50. The Morgan fingerprint density at radius 1 is 1.42 bits per heavy atom. The highest BCUT2D eigenvalue weighted by Crippen LogP contribution is 2.43. The van der Waals surface area contributed by atoms with Gasteiger partial charge >= 0.3 is 0 Å². The third-order valence-electron chi connectivity index (χ3n) is 5.92. The standard InChI is InChI=1S/C20H28F2N2/c1-12-6-9-17(21)10-18(12)20-11-19(22)15(4)24(20)23(5)14(3)13(2)16-7-8-16/h6,9-10,12,14,16,18-20H,2,4,7-8,11H2,1,3,5H3. The van der Waals surface area contributed by atoms with Crippen LogP contribution in [0.15, 0.2) is 48.5 Å². The van der Waals surface area contributed by atoms with Crippen LogP contribution in [0.25, 0.3) is 0 Å². The molecule has 1 aliphatic heterocycles. The zero-order valence-electron chi connectivity index (χ0n) is 14.9. The molecule has 0 aromatic heterocycles. The average molecular weight is 334 g/mol. The number of hydrogen-bond donors (Lipinski definition) is 0. The van der Waals surface area contributed by atoms with Crippen LogP contribution in [0.3, 0.4) is 0 Å². The maximum Gasteiger partial charge on any atom is 0.142 e. The van der Waals surface area contributed by atoms with Gasteiger partial charge in [-0.25, -0.2) is 13.8 Å². The van der Waals surface area contributed by atoms with Gasteiger partial charge in [-0.1, -0.05) is 31.7 Å². The Labute approximate surface area is 144 Å². The Morgan fingerprint density at radius 2 is 2.08 bits per heavy atom. The van der Waals surface area contributed by atoms with E-state index in [2.05, 4.69) is 32.0 Å². The SMILES string of the molecule is C=C(C1CC1)C(C)N(C)N1C(=C)C(F)CC1C1C=C(F)C=CC1C. The fourth-order valence-corrected chi connectivity index (χ4v) is 4.01. The molecule has 0 radical (unpaired) electrons. The van der Waals surface area contributed by atoms with Gasteiger partial charge in [-0.2, -0.15) is 0 Å². The molecule has 5 unspecified atom stereocenters. The van der Waals surface area contributed by atoms with Gasteiger partial charge in [0.1, 0.15) is 12.0 Å². The molecule has 0 bridgehead atoms. The van der Waals surface area contributed by atoms with Gasteiger partial charge in [-0.05, 0) is 43.8 Å². The van der Waals surface area contributed by atoms with E-state index >= 15 is 0 Å². The maximum absolute atomic E-state index is 14.5. The van der Waals surface area contributed by atoms with Crippen molar-refractivity contribution in [3.8, 4) is 0 Å². The molecule has 3 aliphatic rings. The van der Waals surface area contributed by atoms with Crippen LogP contribution in [-0.2, 0) is 0 Å². The van der Waals surface area contributed by atoms with Gasteiger partial charge in [-0.3, -0.25) is 0 Å². The predicted octanol–water partition coefficient (Wildman–Crippen LogP) is 4.79. The predicted molar refractivity (Wildman–Crippen MR) is 94.4 cm³/mol. The number of alkyl halides is 1. The third-order valence-corrected chi connectivity index (χ3v) is 5.92. The van der Waals surface area contributed by atoms with Gasteiger partial charge in [0.05, 0.1) is 11.7 Å². The highest BCUT2D eigenvalue weighted by Gasteiger charge is 2.44. The smallest absolute Gasteiger partial charge is 0.142 e.